The molecular weight excluding hydrogens is 358 g/mol. The molecule has 0 saturated carbocycles. The Kier molecular flexibility index (Phi) is 6.70. The van der Waals surface area contributed by atoms with Crippen molar-refractivity contribution in [3.63, 3.8) is 0 Å². The predicted octanol–water partition coefficient (Wildman–Crippen LogP) is 5.86. The molecular formula is C24H31N5. The second-order valence-electron chi connectivity index (χ2n) is 7.29. The zero-order valence-corrected chi connectivity index (χ0v) is 18.0. The van der Waals surface area contributed by atoms with Crippen LogP contribution >= 0.6 is 0 Å². The van der Waals surface area contributed by atoms with Crippen LogP contribution in [0.5, 0.6) is 0 Å². The predicted molar refractivity (Wildman–Crippen MR) is 123 cm³/mol. The van der Waals surface area contributed by atoms with Crippen LogP contribution in [-0.4, -0.2) is 23.1 Å². The molecule has 152 valence electrons. The third kappa shape index (κ3) is 5.25. The first-order valence-electron chi connectivity index (χ1n) is 10.3. The smallest absolute Gasteiger partial charge is 0.229 e. The lowest BCUT2D eigenvalue weighted by Crippen LogP contribution is -2.21. The molecule has 1 aromatic heterocycles. The number of anilines is 4. The normalized spacial score (nSPS) is 11.8. The molecule has 0 fully saturated rings. The molecule has 0 aliphatic carbocycles. The van der Waals surface area contributed by atoms with Crippen molar-refractivity contribution in [2.45, 2.75) is 40.7 Å². The molecule has 29 heavy (non-hydrogen) atoms. The summed E-state index contributed by atoms with van der Waals surface area (Å²) in [5, 5.41) is 6.87. The monoisotopic (exact) mass is 389 g/mol. The highest BCUT2D eigenvalue weighted by Gasteiger charge is 2.10. The van der Waals surface area contributed by atoms with Crippen molar-refractivity contribution < 1.29 is 0 Å². The third-order valence-corrected chi connectivity index (χ3v) is 5.10. The summed E-state index contributed by atoms with van der Waals surface area (Å²) in [6, 6.07) is 19.0. The van der Waals surface area contributed by atoms with Crippen molar-refractivity contribution in [3.05, 3.63) is 71.4 Å². The molecule has 0 radical (unpaired) electrons. The van der Waals surface area contributed by atoms with E-state index in [2.05, 4.69) is 95.7 Å². The molecule has 5 nitrogen and oxygen atoms in total. The SMILES string of the molecule is CCN(CC)c1ccc(Nc2nc(C)cc(NC(C)c3ccccc3)n2)c(C)c1. The Morgan fingerprint density at radius 2 is 1.66 bits per heavy atom. The molecule has 2 aromatic carbocycles. The standard InChI is InChI=1S/C24H31N5/c1-6-29(7-2)21-13-14-22(17(3)15-21)27-24-25-18(4)16-23(28-24)26-19(5)20-11-9-8-10-12-20/h8-16,19H,6-7H2,1-5H3,(H2,25,26,27,28). The summed E-state index contributed by atoms with van der Waals surface area (Å²) in [6.07, 6.45) is 0. The molecule has 0 spiro atoms. The highest BCUT2D eigenvalue weighted by molar-refractivity contribution is 5.64. The first kappa shape index (κ1) is 20.6. The molecule has 0 amide bonds. The Labute approximate surface area is 174 Å². The van der Waals surface area contributed by atoms with E-state index in [1.165, 1.54) is 16.8 Å². The van der Waals surface area contributed by atoms with Gasteiger partial charge in [0, 0.05) is 42.3 Å². The Morgan fingerprint density at radius 3 is 2.31 bits per heavy atom. The Balaban J connectivity index is 1.78. The summed E-state index contributed by atoms with van der Waals surface area (Å²) in [5.74, 6) is 1.42. The largest absolute Gasteiger partial charge is 0.372 e. The molecule has 0 bridgehead atoms. The highest BCUT2D eigenvalue weighted by atomic mass is 15.2. The number of hydrogen-bond donors (Lipinski definition) is 2. The van der Waals surface area contributed by atoms with Crippen LogP contribution in [0.2, 0.25) is 0 Å². The van der Waals surface area contributed by atoms with Crippen LogP contribution in [0.15, 0.2) is 54.6 Å². The maximum absolute atomic E-state index is 4.68. The molecule has 0 aliphatic heterocycles. The molecule has 1 unspecified atom stereocenters. The summed E-state index contributed by atoms with van der Waals surface area (Å²) in [6.45, 7) is 12.6. The molecule has 3 rings (SSSR count). The Bertz CT molecular complexity index is 935. The van der Waals surface area contributed by atoms with E-state index in [0.717, 1.165) is 30.3 Å². The number of aryl methyl sites for hydroxylation is 2. The van der Waals surface area contributed by atoms with E-state index in [1.807, 2.05) is 19.1 Å². The van der Waals surface area contributed by atoms with Gasteiger partial charge < -0.3 is 15.5 Å². The van der Waals surface area contributed by atoms with Crippen molar-refractivity contribution in [2.75, 3.05) is 28.6 Å². The van der Waals surface area contributed by atoms with E-state index in [4.69, 9.17) is 0 Å². The van der Waals surface area contributed by atoms with Crippen LogP contribution in [0.3, 0.4) is 0 Å². The van der Waals surface area contributed by atoms with Gasteiger partial charge in [0.15, 0.2) is 0 Å². The topological polar surface area (TPSA) is 53.1 Å². The van der Waals surface area contributed by atoms with Crippen LogP contribution in [0, 0.1) is 13.8 Å². The van der Waals surface area contributed by atoms with Gasteiger partial charge in [-0.25, -0.2) is 4.98 Å². The number of hydrogen-bond acceptors (Lipinski definition) is 5. The van der Waals surface area contributed by atoms with Gasteiger partial charge in [0.25, 0.3) is 0 Å². The zero-order chi connectivity index (χ0) is 20.8. The fourth-order valence-electron chi connectivity index (χ4n) is 3.44. The van der Waals surface area contributed by atoms with E-state index in [1.54, 1.807) is 0 Å². The molecule has 0 saturated heterocycles. The van der Waals surface area contributed by atoms with E-state index >= 15 is 0 Å². The minimum absolute atomic E-state index is 0.161. The van der Waals surface area contributed by atoms with E-state index in [0.29, 0.717) is 5.95 Å². The average molecular weight is 390 g/mol. The summed E-state index contributed by atoms with van der Waals surface area (Å²) in [5.41, 5.74) is 5.58. The van der Waals surface area contributed by atoms with Gasteiger partial charge in [-0.1, -0.05) is 30.3 Å². The van der Waals surface area contributed by atoms with Gasteiger partial charge in [0.1, 0.15) is 5.82 Å². The Hall–Kier alpha value is -3.08. The molecule has 1 atom stereocenters. The maximum Gasteiger partial charge on any atom is 0.229 e. The van der Waals surface area contributed by atoms with E-state index in [9.17, 15) is 0 Å². The minimum Gasteiger partial charge on any atom is -0.372 e. The summed E-state index contributed by atoms with van der Waals surface area (Å²) in [4.78, 5) is 11.6. The highest BCUT2D eigenvalue weighted by Crippen LogP contribution is 2.26. The van der Waals surface area contributed by atoms with Crippen LogP contribution in [0.1, 0.15) is 43.6 Å². The van der Waals surface area contributed by atoms with Gasteiger partial charge in [0.2, 0.25) is 5.95 Å². The minimum atomic E-state index is 0.161. The van der Waals surface area contributed by atoms with Gasteiger partial charge in [-0.3, -0.25) is 0 Å². The number of nitrogens with one attached hydrogen (secondary N) is 2. The number of benzene rings is 2. The Morgan fingerprint density at radius 1 is 0.931 bits per heavy atom. The van der Waals surface area contributed by atoms with Crippen molar-refractivity contribution in [2.24, 2.45) is 0 Å². The fourth-order valence-corrected chi connectivity index (χ4v) is 3.44. The van der Waals surface area contributed by atoms with Gasteiger partial charge in [-0.2, -0.15) is 4.98 Å². The van der Waals surface area contributed by atoms with Crippen molar-refractivity contribution in [3.8, 4) is 0 Å². The van der Waals surface area contributed by atoms with Crippen LogP contribution in [0.4, 0.5) is 23.1 Å². The fraction of sp³-hybridized carbons (Fsp3) is 0.333. The first-order chi connectivity index (χ1) is 14.0. The van der Waals surface area contributed by atoms with Gasteiger partial charge in [0.05, 0.1) is 0 Å². The molecule has 5 heteroatoms. The third-order valence-electron chi connectivity index (χ3n) is 5.10. The molecule has 1 heterocycles. The second-order valence-corrected chi connectivity index (χ2v) is 7.29. The molecule has 3 aromatic rings. The van der Waals surface area contributed by atoms with Gasteiger partial charge in [-0.15, -0.1) is 0 Å². The average Bonchev–Trinajstić information content (AvgIpc) is 2.71. The summed E-state index contributed by atoms with van der Waals surface area (Å²) in [7, 11) is 0. The lowest BCUT2D eigenvalue weighted by molar-refractivity contribution is 0.865. The lowest BCUT2D eigenvalue weighted by atomic mass is 10.1. The zero-order valence-electron chi connectivity index (χ0n) is 18.0. The molecule has 0 aliphatic rings. The van der Waals surface area contributed by atoms with Gasteiger partial charge >= 0.3 is 0 Å². The number of aromatic nitrogens is 2. The van der Waals surface area contributed by atoms with Crippen molar-refractivity contribution in [1.29, 1.82) is 0 Å². The van der Waals surface area contributed by atoms with Crippen LogP contribution in [-0.2, 0) is 0 Å². The maximum atomic E-state index is 4.68. The second kappa shape index (κ2) is 9.41. The number of rotatable bonds is 8. The number of nitrogens with zero attached hydrogens (tertiary/aromatic N) is 3. The quantitative estimate of drug-likeness (QED) is 0.506. The van der Waals surface area contributed by atoms with Gasteiger partial charge in [-0.05, 0) is 63.9 Å². The summed E-state index contributed by atoms with van der Waals surface area (Å²) >= 11 is 0. The van der Waals surface area contributed by atoms with Crippen LogP contribution < -0.4 is 15.5 Å². The van der Waals surface area contributed by atoms with Crippen LogP contribution in [0.25, 0.3) is 0 Å². The lowest BCUT2D eigenvalue weighted by Gasteiger charge is -2.22. The molecule has 2 N–H and O–H groups in total. The van der Waals surface area contributed by atoms with Crippen molar-refractivity contribution in [1.82, 2.24) is 9.97 Å². The van der Waals surface area contributed by atoms with Crippen molar-refractivity contribution >= 4 is 23.1 Å². The van der Waals surface area contributed by atoms with E-state index in [-0.39, 0.29) is 6.04 Å². The first-order valence-corrected chi connectivity index (χ1v) is 10.3. The van der Waals surface area contributed by atoms with E-state index < -0.39 is 0 Å². The summed E-state index contributed by atoms with van der Waals surface area (Å²) < 4.78 is 0.